The van der Waals surface area contributed by atoms with Crippen molar-refractivity contribution in [2.75, 3.05) is 13.7 Å². The maximum atomic E-state index is 5.57. The van der Waals surface area contributed by atoms with Gasteiger partial charge in [0.1, 0.15) is 0 Å². The molecule has 15 heavy (non-hydrogen) atoms. The van der Waals surface area contributed by atoms with Crippen molar-refractivity contribution in [2.24, 2.45) is 11.8 Å². The first-order valence-corrected chi connectivity index (χ1v) is 6.21. The van der Waals surface area contributed by atoms with Crippen molar-refractivity contribution in [3.05, 3.63) is 0 Å². The van der Waals surface area contributed by atoms with Crippen LogP contribution in [0.3, 0.4) is 0 Å². The van der Waals surface area contributed by atoms with Gasteiger partial charge in [-0.25, -0.2) is 0 Å². The minimum Gasteiger partial charge on any atom is -0.385 e. The number of hydrogen-bond donors (Lipinski definition) is 2. The van der Waals surface area contributed by atoms with E-state index in [2.05, 4.69) is 19.3 Å². The van der Waals surface area contributed by atoms with Gasteiger partial charge in [-0.2, -0.15) is 0 Å². The number of unbranched alkanes of at least 4 members (excludes halogenated alkanes) is 3. The number of methoxy groups -OCH3 is 1. The molecule has 0 heterocycles. The zero-order chi connectivity index (χ0) is 11.5. The van der Waals surface area contributed by atoms with Crippen molar-refractivity contribution < 1.29 is 4.74 Å². The predicted octanol–water partition coefficient (Wildman–Crippen LogP) is 2.46. The molecule has 0 spiro atoms. The molecule has 0 rings (SSSR count). The number of hydrogen-bond acceptors (Lipinski definition) is 3. The average molecular weight is 216 g/mol. The Hall–Kier alpha value is -0.120. The van der Waals surface area contributed by atoms with E-state index < -0.39 is 0 Å². The summed E-state index contributed by atoms with van der Waals surface area (Å²) in [7, 11) is 1.75. The Balaban J connectivity index is 3.60. The third-order valence-electron chi connectivity index (χ3n) is 3.05. The van der Waals surface area contributed by atoms with Crippen LogP contribution in [-0.2, 0) is 4.74 Å². The van der Waals surface area contributed by atoms with Crippen LogP contribution in [0.4, 0.5) is 0 Å². The number of nitrogens with one attached hydrogen (secondary N) is 1. The molecule has 0 saturated carbocycles. The average Bonchev–Trinajstić information content (AvgIpc) is 2.26. The Morgan fingerprint density at radius 2 is 1.93 bits per heavy atom. The van der Waals surface area contributed by atoms with Crippen LogP contribution in [0.25, 0.3) is 0 Å². The van der Waals surface area contributed by atoms with Gasteiger partial charge in [0, 0.05) is 19.8 Å². The predicted molar refractivity (Wildman–Crippen MR) is 65.5 cm³/mol. The quantitative estimate of drug-likeness (QED) is 0.335. The zero-order valence-corrected chi connectivity index (χ0v) is 10.6. The molecule has 0 aliphatic carbocycles. The molecule has 0 saturated heterocycles. The molecule has 3 N–H and O–H groups in total. The highest BCUT2D eigenvalue weighted by Gasteiger charge is 2.14. The molecular formula is C12H28N2O. The molecule has 0 fully saturated rings. The zero-order valence-electron chi connectivity index (χ0n) is 10.6. The minimum absolute atomic E-state index is 0.442. The second-order valence-corrected chi connectivity index (χ2v) is 4.38. The van der Waals surface area contributed by atoms with Gasteiger partial charge < -0.3 is 4.74 Å². The topological polar surface area (TPSA) is 47.3 Å². The molecular weight excluding hydrogens is 188 g/mol. The summed E-state index contributed by atoms with van der Waals surface area (Å²) in [6, 6.07) is 0.442. The standard InChI is InChI=1S/C12H28N2O/c1-4-5-6-7-8-12(14-13)11(2)9-10-15-3/h11-12,14H,4-10,13H2,1-3H3. The number of nitrogens with two attached hydrogens (primary N) is 1. The molecule has 2 unspecified atom stereocenters. The summed E-state index contributed by atoms with van der Waals surface area (Å²) in [6.45, 7) is 5.30. The number of ether oxygens (including phenoxy) is 1. The van der Waals surface area contributed by atoms with E-state index in [0.717, 1.165) is 13.0 Å². The van der Waals surface area contributed by atoms with Crippen molar-refractivity contribution in [3.63, 3.8) is 0 Å². The fourth-order valence-electron chi connectivity index (χ4n) is 1.83. The van der Waals surface area contributed by atoms with Crippen LogP contribution in [0.15, 0.2) is 0 Å². The molecule has 0 amide bonds. The summed E-state index contributed by atoms with van der Waals surface area (Å²) in [4.78, 5) is 0. The molecule has 0 radical (unpaired) electrons. The van der Waals surface area contributed by atoms with Crippen molar-refractivity contribution in [3.8, 4) is 0 Å². The Morgan fingerprint density at radius 3 is 2.47 bits per heavy atom. The van der Waals surface area contributed by atoms with Gasteiger partial charge in [0.15, 0.2) is 0 Å². The molecule has 3 nitrogen and oxygen atoms in total. The Bertz CT molecular complexity index is 131. The summed E-state index contributed by atoms with van der Waals surface area (Å²) in [6.07, 6.45) is 7.50. The van der Waals surface area contributed by atoms with E-state index >= 15 is 0 Å². The lowest BCUT2D eigenvalue weighted by Crippen LogP contribution is -2.40. The fourth-order valence-corrected chi connectivity index (χ4v) is 1.83. The van der Waals surface area contributed by atoms with Crippen molar-refractivity contribution in [2.45, 2.75) is 58.4 Å². The molecule has 0 bridgehead atoms. The van der Waals surface area contributed by atoms with E-state index in [-0.39, 0.29) is 0 Å². The molecule has 0 aliphatic rings. The van der Waals surface area contributed by atoms with E-state index in [1.807, 2.05) is 0 Å². The SMILES string of the molecule is CCCCCCC(NN)C(C)CCOC. The normalized spacial score (nSPS) is 15.2. The smallest absolute Gasteiger partial charge is 0.0465 e. The second-order valence-electron chi connectivity index (χ2n) is 4.38. The Kier molecular flexibility index (Phi) is 10.3. The highest BCUT2D eigenvalue weighted by molar-refractivity contribution is 4.70. The van der Waals surface area contributed by atoms with Gasteiger partial charge in [-0.15, -0.1) is 0 Å². The molecule has 0 aromatic heterocycles. The van der Waals surface area contributed by atoms with E-state index in [4.69, 9.17) is 10.6 Å². The van der Waals surface area contributed by atoms with Crippen LogP contribution in [0, 0.1) is 5.92 Å². The van der Waals surface area contributed by atoms with E-state index in [9.17, 15) is 0 Å². The molecule has 92 valence electrons. The van der Waals surface area contributed by atoms with Crippen molar-refractivity contribution >= 4 is 0 Å². The first-order valence-electron chi connectivity index (χ1n) is 6.21. The van der Waals surface area contributed by atoms with E-state index in [1.165, 1.54) is 32.1 Å². The summed E-state index contributed by atoms with van der Waals surface area (Å²) < 4.78 is 5.08. The van der Waals surface area contributed by atoms with Gasteiger partial charge >= 0.3 is 0 Å². The van der Waals surface area contributed by atoms with Gasteiger partial charge in [-0.05, 0) is 18.8 Å². The maximum absolute atomic E-state index is 5.57. The van der Waals surface area contributed by atoms with Gasteiger partial charge in [-0.3, -0.25) is 11.3 Å². The highest BCUT2D eigenvalue weighted by Crippen LogP contribution is 2.14. The van der Waals surface area contributed by atoms with Crippen LogP contribution >= 0.6 is 0 Å². The summed E-state index contributed by atoms with van der Waals surface area (Å²) in [5, 5.41) is 0. The number of rotatable bonds is 10. The lowest BCUT2D eigenvalue weighted by molar-refractivity contribution is 0.168. The van der Waals surface area contributed by atoms with E-state index in [1.54, 1.807) is 7.11 Å². The Labute approximate surface area is 94.7 Å². The molecule has 0 aromatic carbocycles. The highest BCUT2D eigenvalue weighted by atomic mass is 16.5. The fraction of sp³-hybridized carbons (Fsp3) is 1.00. The largest absolute Gasteiger partial charge is 0.385 e. The summed E-state index contributed by atoms with van der Waals surface area (Å²) in [5.74, 6) is 6.16. The van der Waals surface area contributed by atoms with Gasteiger partial charge in [0.2, 0.25) is 0 Å². The monoisotopic (exact) mass is 216 g/mol. The lowest BCUT2D eigenvalue weighted by atomic mass is 9.94. The maximum Gasteiger partial charge on any atom is 0.0465 e. The first-order chi connectivity index (χ1) is 7.26. The molecule has 0 aliphatic heterocycles. The first kappa shape index (κ1) is 14.9. The lowest BCUT2D eigenvalue weighted by Gasteiger charge is -2.22. The van der Waals surface area contributed by atoms with Gasteiger partial charge in [0.25, 0.3) is 0 Å². The van der Waals surface area contributed by atoms with Crippen LogP contribution in [0.5, 0.6) is 0 Å². The van der Waals surface area contributed by atoms with Gasteiger partial charge in [0.05, 0.1) is 0 Å². The summed E-state index contributed by atoms with van der Waals surface area (Å²) in [5.41, 5.74) is 2.93. The number of hydrazine groups is 1. The third-order valence-corrected chi connectivity index (χ3v) is 3.05. The summed E-state index contributed by atoms with van der Waals surface area (Å²) >= 11 is 0. The third kappa shape index (κ3) is 7.77. The van der Waals surface area contributed by atoms with Crippen molar-refractivity contribution in [1.82, 2.24) is 5.43 Å². The van der Waals surface area contributed by atoms with Crippen LogP contribution in [0.2, 0.25) is 0 Å². The molecule has 0 aromatic rings. The minimum atomic E-state index is 0.442. The van der Waals surface area contributed by atoms with E-state index in [0.29, 0.717) is 12.0 Å². The van der Waals surface area contributed by atoms with Crippen LogP contribution < -0.4 is 11.3 Å². The molecule has 2 atom stereocenters. The molecule has 3 heteroatoms. The van der Waals surface area contributed by atoms with Crippen LogP contribution in [-0.4, -0.2) is 19.8 Å². The second kappa shape index (κ2) is 10.4. The van der Waals surface area contributed by atoms with Crippen LogP contribution in [0.1, 0.15) is 52.4 Å². The van der Waals surface area contributed by atoms with Gasteiger partial charge in [-0.1, -0.05) is 39.5 Å². The Morgan fingerprint density at radius 1 is 1.20 bits per heavy atom. The van der Waals surface area contributed by atoms with Crippen molar-refractivity contribution in [1.29, 1.82) is 0 Å².